The zero-order chi connectivity index (χ0) is 17.8. The van der Waals surface area contributed by atoms with Crippen LogP contribution in [0.25, 0.3) is 0 Å². The maximum atomic E-state index is 12.4. The molecule has 1 heterocycles. The summed E-state index contributed by atoms with van der Waals surface area (Å²) in [5.74, 6) is 1.74. The van der Waals surface area contributed by atoms with E-state index in [0.29, 0.717) is 35.0 Å². The van der Waals surface area contributed by atoms with Crippen molar-refractivity contribution in [3.63, 3.8) is 0 Å². The molecule has 0 saturated heterocycles. The predicted octanol–water partition coefficient (Wildman–Crippen LogP) is 3.40. The molecule has 7 heteroatoms. The number of amides is 3. The minimum atomic E-state index is -0.587. The first-order chi connectivity index (χ1) is 12.1. The molecule has 1 aliphatic rings. The number of benzene rings is 2. The first-order valence-electron chi connectivity index (χ1n) is 7.78. The van der Waals surface area contributed by atoms with Crippen molar-refractivity contribution < 1.29 is 23.8 Å². The fourth-order valence-electron chi connectivity index (χ4n) is 2.36. The number of imide groups is 1. The molecule has 3 amide bonds. The van der Waals surface area contributed by atoms with Crippen molar-refractivity contribution in [3.8, 4) is 17.2 Å². The zero-order valence-corrected chi connectivity index (χ0v) is 13.9. The van der Waals surface area contributed by atoms with Crippen molar-refractivity contribution in [2.75, 3.05) is 17.0 Å². The highest BCUT2D eigenvalue weighted by atomic mass is 16.7. The molecule has 3 rings (SSSR count). The molecule has 0 unspecified atom stereocenters. The van der Waals surface area contributed by atoms with E-state index in [-0.39, 0.29) is 12.9 Å². The molecule has 2 aromatic rings. The van der Waals surface area contributed by atoms with Gasteiger partial charge in [-0.15, -0.1) is 0 Å². The van der Waals surface area contributed by atoms with Gasteiger partial charge in [-0.25, -0.2) is 9.69 Å². The van der Waals surface area contributed by atoms with Crippen molar-refractivity contribution in [3.05, 3.63) is 42.5 Å². The lowest BCUT2D eigenvalue weighted by molar-refractivity contribution is -0.106. The van der Waals surface area contributed by atoms with Gasteiger partial charge < -0.3 is 19.5 Å². The Morgan fingerprint density at radius 3 is 2.76 bits per heavy atom. The van der Waals surface area contributed by atoms with Crippen molar-refractivity contribution >= 4 is 23.8 Å². The molecule has 0 spiro atoms. The highest BCUT2D eigenvalue weighted by Gasteiger charge is 2.18. The second kappa shape index (κ2) is 7.12. The fourth-order valence-corrected chi connectivity index (χ4v) is 2.36. The van der Waals surface area contributed by atoms with E-state index >= 15 is 0 Å². The first-order valence-corrected chi connectivity index (χ1v) is 7.78. The predicted molar refractivity (Wildman–Crippen MR) is 92.3 cm³/mol. The molecule has 1 N–H and O–H groups in total. The van der Waals surface area contributed by atoms with Crippen LogP contribution in [-0.2, 0) is 4.79 Å². The number of carbonyl (C=O) groups is 2. The average molecular weight is 342 g/mol. The Morgan fingerprint density at radius 1 is 1.20 bits per heavy atom. The van der Waals surface area contributed by atoms with E-state index in [1.54, 1.807) is 42.5 Å². The summed E-state index contributed by atoms with van der Waals surface area (Å²) >= 11 is 0. The smallest absolute Gasteiger partial charge is 0.332 e. The zero-order valence-electron chi connectivity index (χ0n) is 13.9. The van der Waals surface area contributed by atoms with E-state index in [0.717, 1.165) is 4.90 Å². The number of hydrogen-bond acceptors (Lipinski definition) is 5. The molecule has 7 nitrogen and oxygen atoms in total. The number of rotatable bonds is 5. The number of urea groups is 1. The van der Waals surface area contributed by atoms with Crippen LogP contribution in [0.15, 0.2) is 42.5 Å². The van der Waals surface area contributed by atoms with E-state index in [9.17, 15) is 9.59 Å². The topological polar surface area (TPSA) is 77.1 Å². The molecule has 0 saturated carbocycles. The number of fused-ring (bicyclic) bond motifs is 1. The van der Waals surface area contributed by atoms with Gasteiger partial charge in [0.15, 0.2) is 11.5 Å². The maximum Gasteiger partial charge on any atom is 0.332 e. The van der Waals surface area contributed by atoms with Crippen molar-refractivity contribution in [1.29, 1.82) is 0 Å². The summed E-state index contributed by atoms with van der Waals surface area (Å²) in [6.07, 6.45) is 0.443. The second-order valence-electron chi connectivity index (χ2n) is 5.64. The van der Waals surface area contributed by atoms with Gasteiger partial charge in [0, 0.05) is 17.8 Å². The normalized spacial score (nSPS) is 12.0. The Labute approximate surface area is 145 Å². The SMILES string of the molecule is CC(C)Oc1cccc(N(C=O)C(=O)Nc2ccc3c(c2)OCO3)c1. The summed E-state index contributed by atoms with van der Waals surface area (Å²) < 4.78 is 16.1. The van der Waals surface area contributed by atoms with Gasteiger partial charge in [0.25, 0.3) is 0 Å². The third-order valence-corrected chi connectivity index (χ3v) is 3.42. The van der Waals surface area contributed by atoms with Crippen LogP contribution in [0, 0.1) is 0 Å². The molecular formula is C18H18N2O5. The Balaban J connectivity index is 1.76. The van der Waals surface area contributed by atoms with Gasteiger partial charge in [-0.2, -0.15) is 0 Å². The first kappa shape index (κ1) is 16.6. The number of anilines is 2. The van der Waals surface area contributed by atoms with Gasteiger partial charge in [-0.1, -0.05) is 6.07 Å². The summed E-state index contributed by atoms with van der Waals surface area (Å²) in [4.78, 5) is 24.9. The lowest BCUT2D eigenvalue weighted by Crippen LogP contribution is -2.33. The summed E-state index contributed by atoms with van der Waals surface area (Å²) in [6.45, 7) is 3.95. The molecular weight excluding hydrogens is 324 g/mol. The fraction of sp³-hybridized carbons (Fsp3) is 0.222. The van der Waals surface area contributed by atoms with Crippen LogP contribution in [-0.4, -0.2) is 25.3 Å². The molecule has 0 radical (unpaired) electrons. The Morgan fingerprint density at radius 2 is 2.00 bits per heavy atom. The number of nitrogens with one attached hydrogen (secondary N) is 1. The lowest BCUT2D eigenvalue weighted by atomic mass is 10.2. The summed E-state index contributed by atoms with van der Waals surface area (Å²) in [5, 5.41) is 2.66. The average Bonchev–Trinajstić information content (AvgIpc) is 3.03. The summed E-state index contributed by atoms with van der Waals surface area (Å²) in [7, 11) is 0. The third kappa shape index (κ3) is 3.82. The highest BCUT2D eigenvalue weighted by molar-refractivity contribution is 6.12. The summed E-state index contributed by atoms with van der Waals surface area (Å²) in [6, 6.07) is 11.2. The van der Waals surface area contributed by atoms with Crippen LogP contribution in [0.5, 0.6) is 17.2 Å². The quantitative estimate of drug-likeness (QED) is 0.843. The molecule has 0 atom stereocenters. The number of nitrogens with zero attached hydrogens (tertiary/aromatic N) is 1. The molecule has 0 fully saturated rings. The molecule has 0 aliphatic carbocycles. The molecule has 1 aliphatic heterocycles. The van der Waals surface area contributed by atoms with Gasteiger partial charge in [-0.05, 0) is 38.1 Å². The van der Waals surface area contributed by atoms with Crippen molar-refractivity contribution in [1.82, 2.24) is 0 Å². The van der Waals surface area contributed by atoms with Crippen molar-refractivity contribution in [2.45, 2.75) is 20.0 Å². The van der Waals surface area contributed by atoms with E-state index in [2.05, 4.69) is 5.32 Å². The Kier molecular flexibility index (Phi) is 4.74. The molecule has 2 aromatic carbocycles. The van der Waals surface area contributed by atoms with E-state index in [1.165, 1.54) is 0 Å². The van der Waals surface area contributed by atoms with Crippen LogP contribution in [0.4, 0.5) is 16.2 Å². The van der Waals surface area contributed by atoms with E-state index in [1.807, 2.05) is 13.8 Å². The Hall–Kier alpha value is -3.22. The minimum absolute atomic E-state index is 0.0117. The largest absolute Gasteiger partial charge is 0.491 e. The van der Waals surface area contributed by atoms with Crippen molar-refractivity contribution in [2.24, 2.45) is 0 Å². The standard InChI is InChI=1S/C18H18N2O5/c1-12(2)25-15-5-3-4-14(9-15)20(10-21)18(22)19-13-6-7-16-17(8-13)24-11-23-16/h3-10,12H,11H2,1-2H3,(H,19,22). The van der Waals surface area contributed by atoms with E-state index in [4.69, 9.17) is 14.2 Å². The van der Waals surface area contributed by atoms with Gasteiger partial charge in [0.05, 0.1) is 11.8 Å². The molecule has 130 valence electrons. The maximum absolute atomic E-state index is 12.4. The van der Waals surface area contributed by atoms with Crippen LogP contribution in [0.3, 0.4) is 0 Å². The van der Waals surface area contributed by atoms with Gasteiger partial charge in [0.2, 0.25) is 13.2 Å². The third-order valence-electron chi connectivity index (χ3n) is 3.42. The lowest BCUT2D eigenvalue weighted by Gasteiger charge is -2.18. The summed E-state index contributed by atoms with van der Waals surface area (Å²) in [5.41, 5.74) is 0.905. The highest BCUT2D eigenvalue weighted by Crippen LogP contribution is 2.34. The number of hydrogen-bond donors (Lipinski definition) is 1. The van der Waals surface area contributed by atoms with Gasteiger partial charge in [0.1, 0.15) is 5.75 Å². The van der Waals surface area contributed by atoms with Crippen LogP contribution in [0.2, 0.25) is 0 Å². The minimum Gasteiger partial charge on any atom is -0.491 e. The number of ether oxygens (including phenoxy) is 3. The molecule has 25 heavy (non-hydrogen) atoms. The molecule has 0 bridgehead atoms. The van der Waals surface area contributed by atoms with Gasteiger partial charge >= 0.3 is 6.03 Å². The van der Waals surface area contributed by atoms with Crippen LogP contribution in [0.1, 0.15) is 13.8 Å². The monoisotopic (exact) mass is 342 g/mol. The molecule has 0 aromatic heterocycles. The number of carbonyl (C=O) groups excluding carboxylic acids is 2. The second-order valence-corrected chi connectivity index (χ2v) is 5.64. The van der Waals surface area contributed by atoms with E-state index < -0.39 is 6.03 Å². The van der Waals surface area contributed by atoms with Gasteiger partial charge in [-0.3, -0.25) is 4.79 Å². The Bertz CT molecular complexity index is 791. The van der Waals surface area contributed by atoms with Crippen LogP contribution < -0.4 is 24.4 Å². The van der Waals surface area contributed by atoms with Crippen LogP contribution >= 0.6 is 0 Å².